The number of hydrogen-bond donors (Lipinski definition) is 1. The van der Waals surface area contributed by atoms with Crippen LogP contribution >= 0.6 is 12.4 Å². The molecule has 0 aliphatic rings. The van der Waals surface area contributed by atoms with Crippen molar-refractivity contribution in [2.45, 2.75) is 32.6 Å². The predicted molar refractivity (Wildman–Crippen MR) is 49.6 cm³/mol. The van der Waals surface area contributed by atoms with Crippen molar-refractivity contribution in [2.75, 3.05) is 6.54 Å². The summed E-state index contributed by atoms with van der Waals surface area (Å²) in [5, 5.41) is 0. The molecule has 2 N–H and O–H groups in total. The molecule has 0 aliphatic heterocycles. The molecule has 0 spiro atoms. The van der Waals surface area contributed by atoms with Crippen molar-refractivity contribution in [1.82, 2.24) is 0 Å². The van der Waals surface area contributed by atoms with Crippen LogP contribution in [0.15, 0.2) is 12.2 Å². The Balaban J connectivity index is 0. The summed E-state index contributed by atoms with van der Waals surface area (Å²) in [6.45, 7) is 3.00. The Morgan fingerprint density at radius 2 is 1.80 bits per heavy atom. The van der Waals surface area contributed by atoms with E-state index < -0.39 is 0 Å². The van der Waals surface area contributed by atoms with Gasteiger partial charge in [0.25, 0.3) is 0 Å². The lowest BCUT2D eigenvalue weighted by Crippen LogP contribution is -1.96. The van der Waals surface area contributed by atoms with Crippen LogP contribution in [0.1, 0.15) is 32.6 Å². The Hall–Kier alpha value is -0.0100. The molecule has 0 aromatic carbocycles. The number of unbranched alkanes of at least 4 members (excludes halogenated alkanes) is 2. The molecule has 62 valence electrons. The third-order valence-electron chi connectivity index (χ3n) is 1.20. The van der Waals surface area contributed by atoms with Crippen molar-refractivity contribution in [3.8, 4) is 0 Å². The zero-order valence-electron chi connectivity index (χ0n) is 6.68. The summed E-state index contributed by atoms with van der Waals surface area (Å²) in [6, 6.07) is 0. The van der Waals surface area contributed by atoms with Gasteiger partial charge in [-0.3, -0.25) is 0 Å². The van der Waals surface area contributed by atoms with E-state index in [0.29, 0.717) is 0 Å². The van der Waals surface area contributed by atoms with Gasteiger partial charge in [-0.05, 0) is 25.8 Å². The second-order valence-corrected chi connectivity index (χ2v) is 2.19. The van der Waals surface area contributed by atoms with Gasteiger partial charge in [0.2, 0.25) is 0 Å². The van der Waals surface area contributed by atoms with Crippen LogP contribution in [-0.4, -0.2) is 6.54 Å². The summed E-state index contributed by atoms with van der Waals surface area (Å²) >= 11 is 0. The molecule has 0 heterocycles. The van der Waals surface area contributed by atoms with Crippen molar-refractivity contribution in [3.05, 3.63) is 12.2 Å². The maximum atomic E-state index is 5.31. The van der Waals surface area contributed by atoms with Crippen LogP contribution in [-0.2, 0) is 0 Å². The molecule has 0 rings (SSSR count). The third kappa shape index (κ3) is 10.9. The lowest BCUT2D eigenvalue weighted by atomic mass is 10.2. The Kier molecular flexibility index (Phi) is 14.9. The van der Waals surface area contributed by atoms with E-state index in [1.807, 2.05) is 0 Å². The highest BCUT2D eigenvalue weighted by Crippen LogP contribution is 1.92. The number of rotatable bonds is 5. The Labute approximate surface area is 70.1 Å². The maximum Gasteiger partial charge on any atom is -0.00743 e. The van der Waals surface area contributed by atoms with Gasteiger partial charge in [0.15, 0.2) is 0 Å². The van der Waals surface area contributed by atoms with E-state index in [1.54, 1.807) is 0 Å². The van der Waals surface area contributed by atoms with E-state index in [2.05, 4.69) is 19.1 Å². The van der Waals surface area contributed by atoms with Crippen LogP contribution in [0.4, 0.5) is 0 Å². The first-order valence-corrected chi connectivity index (χ1v) is 3.77. The van der Waals surface area contributed by atoms with Gasteiger partial charge in [0.05, 0.1) is 0 Å². The lowest BCUT2D eigenvalue weighted by Gasteiger charge is -1.87. The second kappa shape index (κ2) is 11.7. The van der Waals surface area contributed by atoms with E-state index in [9.17, 15) is 0 Å². The quantitative estimate of drug-likeness (QED) is 0.489. The molecule has 0 saturated carbocycles. The van der Waals surface area contributed by atoms with Gasteiger partial charge in [0.1, 0.15) is 0 Å². The van der Waals surface area contributed by atoms with Gasteiger partial charge in [-0.15, -0.1) is 12.4 Å². The minimum Gasteiger partial charge on any atom is -0.330 e. The monoisotopic (exact) mass is 163 g/mol. The maximum absolute atomic E-state index is 5.31. The fourth-order valence-corrected chi connectivity index (χ4v) is 0.638. The molecule has 0 radical (unpaired) electrons. The first kappa shape index (κ1) is 12.6. The van der Waals surface area contributed by atoms with E-state index in [0.717, 1.165) is 19.4 Å². The molecule has 0 saturated heterocycles. The number of hydrogen-bond acceptors (Lipinski definition) is 1. The van der Waals surface area contributed by atoms with Gasteiger partial charge in [-0.2, -0.15) is 0 Å². The minimum atomic E-state index is 0. The Morgan fingerprint density at radius 3 is 2.30 bits per heavy atom. The first-order valence-electron chi connectivity index (χ1n) is 3.77. The fraction of sp³-hybridized carbons (Fsp3) is 0.750. The average Bonchev–Trinajstić information content (AvgIpc) is 1.89. The van der Waals surface area contributed by atoms with Gasteiger partial charge in [-0.25, -0.2) is 0 Å². The van der Waals surface area contributed by atoms with Crippen molar-refractivity contribution in [1.29, 1.82) is 0 Å². The SMILES string of the molecule is CCCC=CCCCN.Cl. The summed E-state index contributed by atoms with van der Waals surface area (Å²) in [5.74, 6) is 0. The Bertz CT molecular complexity index is 71.7. The smallest absolute Gasteiger partial charge is 0.00743 e. The molecular formula is C8H18ClN. The molecule has 0 fully saturated rings. The fourth-order valence-electron chi connectivity index (χ4n) is 0.638. The van der Waals surface area contributed by atoms with E-state index >= 15 is 0 Å². The number of allylic oxidation sites excluding steroid dienone is 2. The number of nitrogens with two attached hydrogens (primary N) is 1. The third-order valence-corrected chi connectivity index (χ3v) is 1.20. The molecule has 0 amide bonds. The van der Waals surface area contributed by atoms with Crippen LogP contribution in [0.5, 0.6) is 0 Å². The average molecular weight is 164 g/mol. The summed E-state index contributed by atoms with van der Waals surface area (Å²) in [5.41, 5.74) is 5.31. The molecule has 10 heavy (non-hydrogen) atoms. The van der Waals surface area contributed by atoms with Crippen molar-refractivity contribution in [3.63, 3.8) is 0 Å². The van der Waals surface area contributed by atoms with Crippen LogP contribution in [0.25, 0.3) is 0 Å². The van der Waals surface area contributed by atoms with Crippen LogP contribution in [0.3, 0.4) is 0 Å². The van der Waals surface area contributed by atoms with Crippen LogP contribution < -0.4 is 5.73 Å². The highest BCUT2D eigenvalue weighted by molar-refractivity contribution is 5.85. The van der Waals surface area contributed by atoms with E-state index in [4.69, 9.17) is 5.73 Å². The van der Waals surface area contributed by atoms with Crippen LogP contribution in [0.2, 0.25) is 0 Å². The molecule has 0 aliphatic carbocycles. The van der Waals surface area contributed by atoms with Gasteiger partial charge >= 0.3 is 0 Å². The van der Waals surface area contributed by atoms with Crippen molar-refractivity contribution in [2.24, 2.45) is 5.73 Å². The molecule has 1 nitrogen and oxygen atoms in total. The van der Waals surface area contributed by atoms with Crippen LogP contribution in [0, 0.1) is 0 Å². The predicted octanol–water partition coefficient (Wildman–Crippen LogP) is 2.50. The summed E-state index contributed by atoms with van der Waals surface area (Å²) < 4.78 is 0. The highest BCUT2D eigenvalue weighted by atomic mass is 35.5. The van der Waals surface area contributed by atoms with E-state index in [1.165, 1.54) is 12.8 Å². The first-order chi connectivity index (χ1) is 4.41. The Morgan fingerprint density at radius 1 is 1.20 bits per heavy atom. The lowest BCUT2D eigenvalue weighted by molar-refractivity contribution is 0.847. The summed E-state index contributed by atoms with van der Waals surface area (Å²) in [7, 11) is 0. The molecule has 0 bridgehead atoms. The molecule has 2 heteroatoms. The van der Waals surface area contributed by atoms with E-state index in [-0.39, 0.29) is 12.4 Å². The zero-order chi connectivity index (χ0) is 6.95. The molecule has 0 atom stereocenters. The second-order valence-electron chi connectivity index (χ2n) is 2.19. The van der Waals surface area contributed by atoms with Crippen molar-refractivity contribution < 1.29 is 0 Å². The molecule has 0 aromatic rings. The summed E-state index contributed by atoms with van der Waals surface area (Å²) in [6.07, 6.45) is 9.19. The number of halogens is 1. The minimum absolute atomic E-state index is 0. The largest absolute Gasteiger partial charge is 0.330 e. The van der Waals surface area contributed by atoms with Gasteiger partial charge < -0.3 is 5.73 Å². The highest BCUT2D eigenvalue weighted by Gasteiger charge is 1.76. The molecule has 0 aromatic heterocycles. The standard InChI is InChI=1S/C8H17N.ClH/c1-2-3-4-5-6-7-8-9;/h4-5H,2-3,6-9H2,1H3;1H. The molecular weight excluding hydrogens is 146 g/mol. The topological polar surface area (TPSA) is 26.0 Å². The normalized spacial score (nSPS) is 9.80. The molecule has 0 unspecified atom stereocenters. The van der Waals surface area contributed by atoms with Crippen molar-refractivity contribution >= 4 is 12.4 Å². The van der Waals surface area contributed by atoms with Gasteiger partial charge in [0, 0.05) is 0 Å². The van der Waals surface area contributed by atoms with Gasteiger partial charge in [-0.1, -0.05) is 25.5 Å². The summed E-state index contributed by atoms with van der Waals surface area (Å²) in [4.78, 5) is 0. The zero-order valence-corrected chi connectivity index (χ0v) is 7.49.